The van der Waals surface area contributed by atoms with Gasteiger partial charge in [0.2, 0.25) is 5.91 Å². The maximum absolute atomic E-state index is 13.6. The molecule has 45 heavy (non-hydrogen) atoms. The Hall–Kier alpha value is -5.04. The van der Waals surface area contributed by atoms with Crippen LogP contribution in [0.3, 0.4) is 0 Å². The minimum atomic E-state index is -0.654. The Morgan fingerprint density at radius 1 is 1.07 bits per heavy atom. The lowest BCUT2D eigenvalue weighted by molar-refractivity contribution is -0.124. The van der Waals surface area contributed by atoms with Crippen molar-refractivity contribution in [2.75, 3.05) is 40.4 Å². The van der Waals surface area contributed by atoms with E-state index in [1.807, 2.05) is 25.1 Å². The number of hydrogen-bond donors (Lipinski definition) is 1. The third kappa shape index (κ3) is 7.37. The number of aromatic nitrogens is 2. The Bertz CT molecular complexity index is 1560. The lowest BCUT2D eigenvalue weighted by atomic mass is 10.0. The van der Waals surface area contributed by atoms with Crippen molar-refractivity contribution in [2.45, 2.75) is 38.5 Å². The fraction of sp³-hybridized carbons (Fsp3) is 0.375. The number of rotatable bonds is 5. The quantitative estimate of drug-likeness (QED) is 0.424. The summed E-state index contributed by atoms with van der Waals surface area (Å²) in [5.41, 5.74) is 1.23. The van der Waals surface area contributed by atoms with Crippen LogP contribution in [0.5, 0.6) is 17.2 Å². The molecule has 3 amide bonds. The van der Waals surface area contributed by atoms with E-state index in [9.17, 15) is 19.2 Å². The van der Waals surface area contributed by atoms with Gasteiger partial charge in [-0.25, -0.2) is 14.8 Å². The van der Waals surface area contributed by atoms with Gasteiger partial charge in [0.15, 0.2) is 17.2 Å². The Morgan fingerprint density at radius 2 is 1.87 bits per heavy atom. The van der Waals surface area contributed by atoms with Crippen LogP contribution < -0.4 is 14.8 Å². The number of nitrogens with one attached hydrogen (secondary N) is 1. The number of nitrogens with zero attached hydrogens (tertiary/aromatic N) is 4. The van der Waals surface area contributed by atoms with Gasteiger partial charge in [-0.2, -0.15) is 0 Å². The highest BCUT2D eigenvalue weighted by Gasteiger charge is 2.35. The molecule has 0 unspecified atom stereocenters. The number of esters is 1. The third-order valence-electron chi connectivity index (χ3n) is 7.57. The molecular weight excluding hydrogens is 582 g/mol. The number of ether oxygens (including phenoxy) is 4. The van der Waals surface area contributed by atoms with E-state index in [4.69, 9.17) is 14.2 Å². The molecule has 4 bridgehead atoms. The van der Waals surface area contributed by atoms with Crippen LogP contribution in [-0.4, -0.2) is 96.0 Å². The van der Waals surface area contributed by atoms with Gasteiger partial charge >= 0.3 is 5.97 Å². The van der Waals surface area contributed by atoms with E-state index < -0.39 is 18.1 Å². The van der Waals surface area contributed by atoms with E-state index in [0.717, 1.165) is 5.56 Å². The van der Waals surface area contributed by atoms with Crippen molar-refractivity contribution in [3.05, 3.63) is 77.4 Å². The van der Waals surface area contributed by atoms with E-state index in [1.54, 1.807) is 29.2 Å². The molecule has 2 aliphatic heterocycles. The summed E-state index contributed by atoms with van der Waals surface area (Å²) >= 11 is 0. The molecule has 3 aromatic rings. The lowest BCUT2D eigenvalue weighted by Gasteiger charge is -2.39. The van der Waals surface area contributed by atoms with Crippen LogP contribution in [0.15, 0.2) is 54.9 Å². The zero-order valence-corrected chi connectivity index (χ0v) is 25.4. The summed E-state index contributed by atoms with van der Waals surface area (Å²) in [7, 11) is 2.75. The van der Waals surface area contributed by atoms with Crippen molar-refractivity contribution < 1.29 is 38.1 Å². The van der Waals surface area contributed by atoms with E-state index in [1.165, 1.54) is 31.5 Å². The Balaban J connectivity index is 1.42. The minimum absolute atomic E-state index is 0.0103. The summed E-state index contributed by atoms with van der Waals surface area (Å²) in [6.07, 6.45) is 2.91. The van der Waals surface area contributed by atoms with Crippen LogP contribution in [-0.2, 0) is 20.9 Å². The summed E-state index contributed by atoms with van der Waals surface area (Å²) in [5.74, 6) is -0.350. The van der Waals surface area contributed by atoms with Gasteiger partial charge in [-0.05, 0) is 48.7 Å². The van der Waals surface area contributed by atoms with Crippen molar-refractivity contribution in [1.29, 1.82) is 0 Å². The first-order valence-corrected chi connectivity index (χ1v) is 14.6. The zero-order chi connectivity index (χ0) is 31.9. The molecule has 1 N–H and O–H groups in total. The second-order valence-electron chi connectivity index (χ2n) is 10.7. The number of carbonyl (C=O) groups excluding carboxylic acids is 4. The number of carbonyl (C=O) groups is 4. The number of piperidine rings is 1. The highest BCUT2D eigenvalue weighted by Crippen LogP contribution is 2.33. The van der Waals surface area contributed by atoms with E-state index in [0.29, 0.717) is 48.7 Å². The Kier molecular flexibility index (Phi) is 9.88. The SMILES string of the molecule is CCCN1CC(=O)N[C@H]2CCN(C(=O)c3cnc(C(=O)OC)cn3)C[C@@H]2OCc2cccc(c2)Oc2cc(ccc2OC)C1=O. The summed E-state index contributed by atoms with van der Waals surface area (Å²) < 4.78 is 22.6. The molecule has 13 nitrogen and oxygen atoms in total. The first-order chi connectivity index (χ1) is 21.8. The van der Waals surface area contributed by atoms with Crippen molar-refractivity contribution in [2.24, 2.45) is 0 Å². The van der Waals surface area contributed by atoms with Gasteiger partial charge in [0.25, 0.3) is 11.8 Å². The molecule has 1 saturated heterocycles. The summed E-state index contributed by atoms with van der Waals surface area (Å²) in [6, 6.07) is 11.8. The van der Waals surface area contributed by atoms with Crippen LogP contribution in [0, 0.1) is 0 Å². The number of benzene rings is 2. The molecule has 0 radical (unpaired) electrons. The monoisotopic (exact) mass is 617 g/mol. The molecule has 236 valence electrons. The van der Waals surface area contributed by atoms with Gasteiger partial charge in [-0.3, -0.25) is 14.4 Å². The lowest BCUT2D eigenvalue weighted by Crippen LogP contribution is -2.57. The van der Waals surface area contributed by atoms with Gasteiger partial charge in [-0.1, -0.05) is 19.1 Å². The van der Waals surface area contributed by atoms with Crippen molar-refractivity contribution in [3.63, 3.8) is 0 Å². The molecule has 3 heterocycles. The van der Waals surface area contributed by atoms with Crippen molar-refractivity contribution >= 4 is 23.7 Å². The van der Waals surface area contributed by atoms with Crippen molar-refractivity contribution in [3.8, 4) is 17.2 Å². The van der Waals surface area contributed by atoms with Gasteiger partial charge < -0.3 is 34.1 Å². The molecule has 1 aromatic heterocycles. The molecule has 2 atom stereocenters. The predicted octanol–water partition coefficient (Wildman–Crippen LogP) is 2.85. The number of likely N-dealkylation sites (tertiary alicyclic amines) is 1. The average Bonchev–Trinajstić information content (AvgIpc) is 3.06. The summed E-state index contributed by atoms with van der Waals surface area (Å²) in [4.78, 5) is 63.1. The maximum atomic E-state index is 13.6. The first kappa shape index (κ1) is 31.4. The molecule has 2 aliphatic rings. The fourth-order valence-electron chi connectivity index (χ4n) is 5.29. The van der Waals surface area contributed by atoms with Crippen LogP contribution >= 0.6 is 0 Å². The number of hydrogen-bond acceptors (Lipinski definition) is 10. The molecule has 0 spiro atoms. The van der Waals surface area contributed by atoms with Crippen LogP contribution in [0.4, 0.5) is 0 Å². The number of amides is 3. The zero-order valence-electron chi connectivity index (χ0n) is 25.4. The van der Waals surface area contributed by atoms with E-state index in [2.05, 4.69) is 20.0 Å². The minimum Gasteiger partial charge on any atom is -0.493 e. The van der Waals surface area contributed by atoms with Crippen LogP contribution in [0.1, 0.15) is 56.7 Å². The third-order valence-corrected chi connectivity index (χ3v) is 7.57. The Morgan fingerprint density at radius 3 is 2.60 bits per heavy atom. The van der Waals surface area contributed by atoms with E-state index >= 15 is 0 Å². The smallest absolute Gasteiger partial charge is 0.358 e. The normalized spacial score (nSPS) is 18.7. The maximum Gasteiger partial charge on any atom is 0.358 e. The topological polar surface area (TPSA) is 149 Å². The molecule has 13 heteroatoms. The predicted molar refractivity (Wildman–Crippen MR) is 160 cm³/mol. The van der Waals surface area contributed by atoms with Gasteiger partial charge in [0.05, 0.1) is 51.9 Å². The molecule has 0 aliphatic carbocycles. The second-order valence-corrected chi connectivity index (χ2v) is 10.7. The highest BCUT2D eigenvalue weighted by atomic mass is 16.5. The summed E-state index contributed by atoms with van der Waals surface area (Å²) in [5, 5.41) is 3.05. The Labute approximate surface area is 260 Å². The average molecular weight is 618 g/mol. The number of fused-ring (bicyclic) bond motifs is 5. The second kappa shape index (κ2) is 14.2. The van der Waals surface area contributed by atoms with Crippen molar-refractivity contribution in [1.82, 2.24) is 25.1 Å². The first-order valence-electron chi connectivity index (χ1n) is 14.6. The molecule has 0 saturated carbocycles. The van der Waals surface area contributed by atoms with Gasteiger partial charge in [0.1, 0.15) is 11.4 Å². The van der Waals surface area contributed by atoms with Crippen LogP contribution in [0.25, 0.3) is 0 Å². The molecule has 1 fully saturated rings. The highest BCUT2D eigenvalue weighted by molar-refractivity contribution is 5.97. The molecular formula is C32H35N5O8. The fourth-order valence-corrected chi connectivity index (χ4v) is 5.29. The van der Waals surface area contributed by atoms with Gasteiger partial charge in [0, 0.05) is 25.2 Å². The van der Waals surface area contributed by atoms with E-state index in [-0.39, 0.29) is 48.8 Å². The summed E-state index contributed by atoms with van der Waals surface area (Å²) in [6.45, 7) is 2.83. The standard InChI is InChI=1S/C32H35N5O8/c1-4-11-36-18-29(38)35-23-10-12-37(31(40)24-15-34-25(16-33-24)32(41)43-3)17-28(23)44-19-20-6-5-7-22(13-20)45-27-14-21(30(36)39)8-9-26(27)42-2/h5-9,13-16,23,28H,4,10-12,17-19H2,1-3H3,(H,35,38)/t23-,28-/m0/s1. The molecule has 5 rings (SSSR count). The largest absolute Gasteiger partial charge is 0.493 e. The van der Waals surface area contributed by atoms with Crippen LogP contribution in [0.2, 0.25) is 0 Å². The van der Waals surface area contributed by atoms with Gasteiger partial charge in [-0.15, -0.1) is 0 Å². The number of methoxy groups -OCH3 is 2. The molecule has 2 aromatic carbocycles.